The number of rotatable bonds is 5. The van der Waals surface area contributed by atoms with Crippen LogP contribution in [0.4, 0.5) is 0 Å². The third-order valence-electron chi connectivity index (χ3n) is 4.93. The Balaban J connectivity index is 1.81. The molecule has 1 aliphatic heterocycles. The first-order valence-corrected chi connectivity index (χ1v) is 8.72. The van der Waals surface area contributed by atoms with Crippen molar-refractivity contribution in [2.45, 2.75) is 64.5 Å². The largest absolute Gasteiger partial charge is 0.311 e. The van der Waals surface area contributed by atoms with Gasteiger partial charge in [0.15, 0.2) is 0 Å². The van der Waals surface area contributed by atoms with Crippen molar-refractivity contribution in [2.75, 3.05) is 19.6 Å². The highest BCUT2D eigenvalue weighted by Crippen LogP contribution is 2.19. The summed E-state index contributed by atoms with van der Waals surface area (Å²) in [7, 11) is 0. The number of benzene rings is 1. The van der Waals surface area contributed by atoms with Crippen LogP contribution in [0.5, 0.6) is 0 Å². The fourth-order valence-corrected chi connectivity index (χ4v) is 3.27. The first-order valence-electron chi connectivity index (χ1n) is 8.72. The monoisotopic (exact) mass is 288 g/mol. The summed E-state index contributed by atoms with van der Waals surface area (Å²) in [6, 6.07) is 12.3. The van der Waals surface area contributed by atoms with E-state index in [-0.39, 0.29) is 0 Å². The van der Waals surface area contributed by atoms with Gasteiger partial charge >= 0.3 is 0 Å². The Labute approximate surface area is 130 Å². The lowest BCUT2D eigenvalue weighted by molar-refractivity contribution is 0.207. The minimum Gasteiger partial charge on any atom is -0.311 e. The van der Waals surface area contributed by atoms with Crippen LogP contribution in [0.1, 0.15) is 57.9 Å². The van der Waals surface area contributed by atoms with Gasteiger partial charge in [0.2, 0.25) is 0 Å². The summed E-state index contributed by atoms with van der Waals surface area (Å²) in [5.74, 6) is 0.661. The fourth-order valence-electron chi connectivity index (χ4n) is 3.27. The molecule has 21 heavy (non-hydrogen) atoms. The van der Waals surface area contributed by atoms with Gasteiger partial charge in [-0.05, 0) is 63.7 Å². The standard InChI is InChI=1S/C19H32N2/c1-4-19-12-15-21(14-11-17(3)20-19)13-10-16(2)18-8-6-5-7-9-18/h5-9,16-17,19-20H,4,10-15H2,1-3H3. The van der Waals surface area contributed by atoms with Gasteiger partial charge in [-0.25, -0.2) is 0 Å². The Morgan fingerprint density at radius 1 is 1.19 bits per heavy atom. The van der Waals surface area contributed by atoms with Crippen LogP contribution in [0, 0.1) is 0 Å². The summed E-state index contributed by atoms with van der Waals surface area (Å²) >= 11 is 0. The lowest BCUT2D eigenvalue weighted by atomic mass is 9.97. The van der Waals surface area contributed by atoms with Gasteiger partial charge in [0.1, 0.15) is 0 Å². The van der Waals surface area contributed by atoms with E-state index in [0.29, 0.717) is 18.0 Å². The van der Waals surface area contributed by atoms with E-state index in [4.69, 9.17) is 0 Å². The molecule has 2 heteroatoms. The molecule has 0 aromatic heterocycles. The van der Waals surface area contributed by atoms with Crippen LogP contribution >= 0.6 is 0 Å². The predicted octanol–water partition coefficient (Wildman–Crippen LogP) is 4.03. The zero-order chi connectivity index (χ0) is 15.1. The molecular formula is C19H32N2. The summed E-state index contributed by atoms with van der Waals surface area (Å²) in [5.41, 5.74) is 1.48. The first-order chi connectivity index (χ1) is 10.2. The van der Waals surface area contributed by atoms with Gasteiger partial charge in [-0.1, -0.05) is 44.2 Å². The maximum absolute atomic E-state index is 3.75. The quantitative estimate of drug-likeness (QED) is 0.880. The van der Waals surface area contributed by atoms with E-state index >= 15 is 0 Å². The molecule has 0 amide bonds. The minimum absolute atomic E-state index is 0.657. The zero-order valence-electron chi connectivity index (χ0n) is 14.0. The summed E-state index contributed by atoms with van der Waals surface area (Å²) in [6.45, 7) is 10.7. The molecule has 1 saturated heterocycles. The van der Waals surface area contributed by atoms with Crippen molar-refractivity contribution in [3.8, 4) is 0 Å². The molecule has 0 saturated carbocycles. The van der Waals surface area contributed by atoms with Crippen molar-refractivity contribution in [1.29, 1.82) is 0 Å². The number of hydrogen-bond acceptors (Lipinski definition) is 2. The zero-order valence-corrected chi connectivity index (χ0v) is 14.0. The van der Waals surface area contributed by atoms with E-state index in [1.165, 1.54) is 50.9 Å². The predicted molar refractivity (Wildman–Crippen MR) is 91.8 cm³/mol. The molecule has 118 valence electrons. The van der Waals surface area contributed by atoms with E-state index in [1.54, 1.807) is 0 Å². The molecule has 1 N–H and O–H groups in total. The Kier molecular flexibility index (Phi) is 6.72. The van der Waals surface area contributed by atoms with Gasteiger partial charge in [-0.15, -0.1) is 0 Å². The van der Waals surface area contributed by atoms with E-state index in [9.17, 15) is 0 Å². The molecule has 3 unspecified atom stereocenters. The first kappa shape index (κ1) is 16.5. The minimum atomic E-state index is 0.657. The average molecular weight is 288 g/mol. The van der Waals surface area contributed by atoms with E-state index in [0.717, 1.165) is 0 Å². The van der Waals surface area contributed by atoms with Gasteiger partial charge in [0.25, 0.3) is 0 Å². The number of hydrogen-bond donors (Lipinski definition) is 1. The van der Waals surface area contributed by atoms with Crippen LogP contribution < -0.4 is 5.32 Å². The fraction of sp³-hybridized carbons (Fsp3) is 0.684. The molecule has 1 heterocycles. The van der Waals surface area contributed by atoms with Crippen molar-refractivity contribution in [2.24, 2.45) is 0 Å². The average Bonchev–Trinajstić information content (AvgIpc) is 2.51. The molecule has 3 atom stereocenters. The van der Waals surface area contributed by atoms with Gasteiger partial charge in [-0.2, -0.15) is 0 Å². The van der Waals surface area contributed by atoms with Gasteiger partial charge in [0.05, 0.1) is 0 Å². The Morgan fingerprint density at radius 2 is 1.90 bits per heavy atom. The molecule has 0 spiro atoms. The molecule has 0 aliphatic carbocycles. The van der Waals surface area contributed by atoms with Crippen molar-refractivity contribution in [3.63, 3.8) is 0 Å². The number of nitrogens with zero attached hydrogens (tertiary/aromatic N) is 1. The van der Waals surface area contributed by atoms with Gasteiger partial charge in [-0.3, -0.25) is 0 Å². The van der Waals surface area contributed by atoms with Crippen LogP contribution in [-0.4, -0.2) is 36.6 Å². The number of nitrogens with one attached hydrogen (secondary N) is 1. The molecule has 1 aromatic carbocycles. The van der Waals surface area contributed by atoms with Crippen molar-refractivity contribution in [3.05, 3.63) is 35.9 Å². The second kappa shape index (κ2) is 8.55. The highest BCUT2D eigenvalue weighted by Gasteiger charge is 2.18. The summed E-state index contributed by atoms with van der Waals surface area (Å²) in [5, 5.41) is 3.75. The normalized spacial score (nSPS) is 26.0. The molecule has 1 aromatic rings. The lowest BCUT2D eigenvalue weighted by Crippen LogP contribution is -2.44. The summed E-state index contributed by atoms with van der Waals surface area (Å²) in [6.07, 6.45) is 5.08. The van der Waals surface area contributed by atoms with Crippen molar-refractivity contribution < 1.29 is 0 Å². The molecule has 1 aliphatic rings. The highest BCUT2D eigenvalue weighted by atomic mass is 15.1. The van der Waals surface area contributed by atoms with Gasteiger partial charge < -0.3 is 10.2 Å². The molecule has 1 fully saturated rings. The van der Waals surface area contributed by atoms with E-state index < -0.39 is 0 Å². The molecule has 0 radical (unpaired) electrons. The second-order valence-corrected chi connectivity index (χ2v) is 6.69. The maximum atomic E-state index is 3.75. The third-order valence-corrected chi connectivity index (χ3v) is 4.93. The summed E-state index contributed by atoms with van der Waals surface area (Å²) < 4.78 is 0. The molecule has 2 rings (SSSR count). The van der Waals surface area contributed by atoms with E-state index in [1.807, 2.05) is 0 Å². The third kappa shape index (κ3) is 5.44. The van der Waals surface area contributed by atoms with E-state index in [2.05, 4.69) is 61.3 Å². The van der Waals surface area contributed by atoms with Crippen LogP contribution in [0.15, 0.2) is 30.3 Å². The summed E-state index contributed by atoms with van der Waals surface area (Å²) in [4.78, 5) is 2.68. The van der Waals surface area contributed by atoms with Crippen LogP contribution in [-0.2, 0) is 0 Å². The Bertz CT molecular complexity index is 390. The maximum Gasteiger partial charge on any atom is 0.00790 e. The van der Waals surface area contributed by atoms with Gasteiger partial charge in [0, 0.05) is 12.1 Å². The Hall–Kier alpha value is -0.860. The van der Waals surface area contributed by atoms with Crippen molar-refractivity contribution in [1.82, 2.24) is 10.2 Å². The highest BCUT2D eigenvalue weighted by molar-refractivity contribution is 5.18. The topological polar surface area (TPSA) is 15.3 Å². The van der Waals surface area contributed by atoms with Crippen LogP contribution in [0.3, 0.4) is 0 Å². The smallest absolute Gasteiger partial charge is 0.00790 e. The van der Waals surface area contributed by atoms with Crippen LogP contribution in [0.2, 0.25) is 0 Å². The molecule has 2 nitrogen and oxygen atoms in total. The molecular weight excluding hydrogens is 256 g/mol. The lowest BCUT2D eigenvalue weighted by Gasteiger charge is -2.32. The molecule has 0 bridgehead atoms. The Morgan fingerprint density at radius 3 is 2.62 bits per heavy atom. The SMILES string of the molecule is CCC1CCN(CCC(C)c2ccccc2)CCC(C)N1. The van der Waals surface area contributed by atoms with Crippen LogP contribution in [0.25, 0.3) is 0 Å². The second-order valence-electron chi connectivity index (χ2n) is 6.69. The van der Waals surface area contributed by atoms with Crippen molar-refractivity contribution >= 4 is 0 Å².